The molecule has 0 atom stereocenters. The van der Waals surface area contributed by atoms with Crippen molar-refractivity contribution in [2.24, 2.45) is 0 Å². The van der Waals surface area contributed by atoms with E-state index in [1.165, 1.54) is 0 Å². The van der Waals surface area contributed by atoms with Crippen molar-refractivity contribution in [3.05, 3.63) is 30.2 Å². The van der Waals surface area contributed by atoms with Crippen LogP contribution in [-0.4, -0.2) is 36.2 Å². The standard InChI is InChI=1S/C16H20N4O2/c1-20(2)13-9-7-11(8-10-13)14-18-16(22-19-14)15(21)17-12-5-3-4-6-12/h7-10,12H,3-6H2,1-2H3,(H,17,21). The lowest BCUT2D eigenvalue weighted by atomic mass is 10.2. The highest BCUT2D eigenvalue weighted by atomic mass is 16.5. The number of nitrogens with one attached hydrogen (secondary N) is 1. The minimum atomic E-state index is -0.282. The van der Waals surface area contributed by atoms with Gasteiger partial charge in [-0.2, -0.15) is 4.98 Å². The van der Waals surface area contributed by atoms with Crippen molar-refractivity contribution < 1.29 is 9.32 Å². The van der Waals surface area contributed by atoms with Gasteiger partial charge in [0.05, 0.1) is 0 Å². The van der Waals surface area contributed by atoms with E-state index in [1.54, 1.807) is 0 Å². The summed E-state index contributed by atoms with van der Waals surface area (Å²) in [7, 11) is 3.96. The SMILES string of the molecule is CN(C)c1ccc(-c2noc(C(=O)NC3CCCC3)n2)cc1. The van der Waals surface area contributed by atoms with Crippen molar-refractivity contribution in [3.63, 3.8) is 0 Å². The van der Waals surface area contributed by atoms with Gasteiger partial charge in [0.1, 0.15) is 0 Å². The van der Waals surface area contributed by atoms with Crippen molar-refractivity contribution in [2.75, 3.05) is 19.0 Å². The van der Waals surface area contributed by atoms with E-state index in [0.29, 0.717) is 5.82 Å². The highest BCUT2D eigenvalue weighted by Gasteiger charge is 2.22. The molecule has 2 aromatic rings. The van der Waals surface area contributed by atoms with E-state index in [4.69, 9.17) is 4.52 Å². The Morgan fingerprint density at radius 2 is 1.91 bits per heavy atom. The molecule has 1 saturated carbocycles. The molecule has 6 heteroatoms. The average Bonchev–Trinajstić information content (AvgIpc) is 3.18. The second-order valence-corrected chi connectivity index (χ2v) is 5.82. The molecule has 0 unspecified atom stereocenters. The van der Waals surface area contributed by atoms with Gasteiger partial charge in [-0.15, -0.1) is 0 Å². The number of amides is 1. The largest absolute Gasteiger partial charge is 0.378 e. The molecule has 1 heterocycles. The van der Waals surface area contributed by atoms with Gasteiger partial charge in [0.15, 0.2) is 0 Å². The van der Waals surface area contributed by atoms with Crippen LogP contribution in [0.2, 0.25) is 0 Å². The first kappa shape index (κ1) is 14.6. The fourth-order valence-corrected chi connectivity index (χ4v) is 2.66. The molecule has 1 aliphatic rings. The maximum atomic E-state index is 12.1. The molecule has 0 aliphatic heterocycles. The Morgan fingerprint density at radius 3 is 2.55 bits per heavy atom. The first-order chi connectivity index (χ1) is 10.6. The first-order valence-corrected chi connectivity index (χ1v) is 7.56. The van der Waals surface area contributed by atoms with Gasteiger partial charge in [-0.25, -0.2) is 0 Å². The Bertz CT molecular complexity index is 642. The van der Waals surface area contributed by atoms with Crippen LogP contribution in [0.4, 0.5) is 5.69 Å². The van der Waals surface area contributed by atoms with E-state index in [0.717, 1.165) is 36.9 Å². The van der Waals surface area contributed by atoms with Crippen LogP contribution >= 0.6 is 0 Å². The Hall–Kier alpha value is -2.37. The number of anilines is 1. The molecular formula is C16H20N4O2. The summed E-state index contributed by atoms with van der Waals surface area (Å²) in [5.74, 6) is 0.177. The molecule has 0 bridgehead atoms. The third kappa shape index (κ3) is 3.10. The number of hydrogen-bond donors (Lipinski definition) is 1. The Labute approximate surface area is 129 Å². The number of carbonyl (C=O) groups excluding carboxylic acids is 1. The maximum Gasteiger partial charge on any atom is 0.316 e. The van der Waals surface area contributed by atoms with Gasteiger partial charge < -0.3 is 14.7 Å². The minimum Gasteiger partial charge on any atom is -0.378 e. The van der Waals surface area contributed by atoms with Gasteiger partial charge in [0.2, 0.25) is 5.82 Å². The van der Waals surface area contributed by atoms with Crippen molar-refractivity contribution in [1.82, 2.24) is 15.5 Å². The Kier molecular flexibility index (Phi) is 4.09. The molecule has 1 aromatic heterocycles. The van der Waals surface area contributed by atoms with Crippen molar-refractivity contribution in [3.8, 4) is 11.4 Å². The van der Waals surface area contributed by atoms with E-state index >= 15 is 0 Å². The second-order valence-electron chi connectivity index (χ2n) is 5.82. The molecule has 0 spiro atoms. The number of nitrogens with zero attached hydrogens (tertiary/aromatic N) is 3. The van der Waals surface area contributed by atoms with E-state index < -0.39 is 0 Å². The van der Waals surface area contributed by atoms with E-state index in [2.05, 4.69) is 15.5 Å². The Balaban J connectivity index is 1.71. The lowest BCUT2D eigenvalue weighted by molar-refractivity contribution is 0.0893. The van der Waals surface area contributed by atoms with Gasteiger partial charge in [0.25, 0.3) is 0 Å². The van der Waals surface area contributed by atoms with Crippen molar-refractivity contribution >= 4 is 11.6 Å². The van der Waals surface area contributed by atoms with Crippen LogP contribution in [0.5, 0.6) is 0 Å². The summed E-state index contributed by atoms with van der Waals surface area (Å²) in [5.41, 5.74) is 1.92. The van der Waals surface area contributed by atoms with E-state index in [9.17, 15) is 4.79 Å². The molecular weight excluding hydrogens is 280 g/mol. The minimum absolute atomic E-state index is 0.0265. The third-order valence-corrected chi connectivity index (χ3v) is 3.95. The monoisotopic (exact) mass is 300 g/mol. The molecule has 1 fully saturated rings. The van der Waals surface area contributed by atoms with Crippen LogP contribution in [0.3, 0.4) is 0 Å². The lowest BCUT2D eigenvalue weighted by Gasteiger charge is -2.11. The Morgan fingerprint density at radius 1 is 1.23 bits per heavy atom. The zero-order valence-electron chi connectivity index (χ0n) is 12.9. The number of hydrogen-bond acceptors (Lipinski definition) is 5. The molecule has 0 saturated heterocycles. The molecule has 1 aliphatic carbocycles. The third-order valence-electron chi connectivity index (χ3n) is 3.95. The highest BCUT2D eigenvalue weighted by Crippen LogP contribution is 2.21. The molecule has 1 N–H and O–H groups in total. The van der Waals surface area contributed by atoms with Gasteiger partial charge in [-0.1, -0.05) is 18.0 Å². The summed E-state index contributed by atoms with van der Waals surface area (Å²) in [6.45, 7) is 0. The smallest absolute Gasteiger partial charge is 0.316 e. The fourth-order valence-electron chi connectivity index (χ4n) is 2.66. The molecule has 6 nitrogen and oxygen atoms in total. The van der Waals surface area contributed by atoms with Gasteiger partial charge in [-0.3, -0.25) is 4.79 Å². The number of rotatable bonds is 4. The second kappa shape index (κ2) is 6.17. The molecule has 1 amide bonds. The number of aromatic nitrogens is 2. The fraction of sp³-hybridized carbons (Fsp3) is 0.438. The van der Waals surface area contributed by atoms with Crippen molar-refractivity contribution in [1.29, 1.82) is 0 Å². The molecule has 3 rings (SSSR count). The molecule has 22 heavy (non-hydrogen) atoms. The van der Waals surface area contributed by atoms with Crippen LogP contribution in [0.25, 0.3) is 11.4 Å². The lowest BCUT2D eigenvalue weighted by Crippen LogP contribution is -2.32. The molecule has 0 radical (unpaired) electrons. The zero-order valence-corrected chi connectivity index (χ0v) is 12.9. The summed E-state index contributed by atoms with van der Waals surface area (Å²) < 4.78 is 5.09. The van der Waals surface area contributed by atoms with E-state index in [1.807, 2.05) is 43.3 Å². The van der Waals surface area contributed by atoms with Crippen LogP contribution in [0, 0.1) is 0 Å². The summed E-state index contributed by atoms with van der Waals surface area (Å²) in [5, 5.41) is 6.84. The van der Waals surface area contributed by atoms with Gasteiger partial charge in [0, 0.05) is 31.4 Å². The topological polar surface area (TPSA) is 71.3 Å². The first-order valence-electron chi connectivity index (χ1n) is 7.56. The quantitative estimate of drug-likeness (QED) is 0.939. The summed E-state index contributed by atoms with van der Waals surface area (Å²) in [6.07, 6.45) is 4.38. The predicted molar refractivity (Wildman–Crippen MR) is 83.8 cm³/mol. The molecule has 116 valence electrons. The summed E-state index contributed by atoms with van der Waals surface area (Å²) >= 11 is 0. The summed E-state index contributed by atoms with van der Waals surface area (Å²) in [4.78, 5) is 18.3. The number of benzene rings is 1. The zero-order chi connectivity index (χ0) is 15.5. The van der Waals surface area contributed by atoms with Crippen LogP contribution in [0.15, 0.2) is 28.8 Å². The van der Waals surface area contributed by atoms with Gasteiger partial charge >= 0.3 is 11.8 Å². The van der Waals surface area contributed by atoms with Crippen LogP contribution < -0.4 is 10.2 Å². The van der Waals surface area contributed by atoms with E-state index in [-0.39, 0.29) is 17.8 Å². The normalized spacial score (nSPS) is 15.0. The average molecular weight is 300 g/mol. The summed E-state index contributed by atoms with van der Waals surface area (Å²) in [6, 6.07) is 8.02. The van der Waals surface area contributed by atoms with Crippen molar-refractivity contribution in [2.45, 2.75) is 31.7 Å². The molecule has 1 aromatic carbocycles. The highest BCUT2D eigenvalue weighted by molar-refractivity contribution is 5.90. The van der Waals surface area contributed by atoms with Crippen LogP contribution in [-0.2, 0) is 0 Å². The number of carbonyl (C=O) groups is 1. The van der Waals surface area contributed by atoms with Crippen LogP contribution in [0.1, 0.15) is 36.4 Å². The maximum absolute atomic E-state index is 12.1. The van der Waals surface area contributed by atoms with Gasteiger partial charge in [-0.05, 0) is 37.1 Å². The predicted octanol–water partition coefficient (Wildman–Crippen LogP) is 2.48.